The zero-order chi connectivity index (χ0) is 8.20. The molecule has 0 rings (SSSR count). The highest BCUT2D eigenvalue weighted by Crippen LogP contribution is 2.36. The highest BCUT2D eigenvalue weighted by atomic mass is 31.2. The molecular weight excluding hydrogens is 163 g/mol. The predicted octanol–water partition coefficient (Wildman–Crippen LogP) is -0.513. The van der Waals surface area contributed by atoms with E-state index in [-0.39, 0.29) is 0 Å². The quantitative estimate of drug-likeness (QED) is 0.335. The molecule has 0 aromatic heterocycles. The van der Waals surface area contributed by atoms with Gasteiger partial charge in [0.05, 0.1) is 0 Å². The summed E-state index contributed by atoms with van der Waals surface area (Å²) in [4.78, 5) is 16.0. The lowest BCUT2D eigenvalue weighted by Crippen LogP contribution is -1.89. The van der Waals surface area contributed by atoms with Crippen molar-refractivity contribution < 1.29 is 29.1 Å². The maximum absolute atomic E-state index is 9.89. The summed E-state index contributed by atoms with van der Waals surface area (Å²) in [6.07, 6.45) is 0.390. The summed E-state index contributed by atoms with van der Waals surface area (Å²) in [5.41, 5.74) is 0. The number of hydrogen-bond acceptors (Lipinski definition) is 4. The fraction of sp³-hybridized carbons (Fsp3) is 0.333. The molecule has 0 atom stereocenters. The van der Waals surface area contributed by atoms with Gasteiger partial charge < -0.3 is 14.7 Å². The zero-order valence-corrected chi connectivity index (χ0v) is 5.73. The first-order valence-corrected chi connectivity index (χ1v) is 3.71. The van der Waals surface area contributed by atoms with Crippen LogP contribution in [-0.2, 0) is 9.09 Å². The minimum atomic E-state index is -4.58. The molecule has 0 radical (unpaired) electrons. The summed E-state index contributed by atoms with van der Waals surface area (Å²) in [6.45, 7) is -0.722. The van der Waals surface area contributed by atoms with Crippen LogP contribution in [-0.4, -0.2) is 26.6 Å². The van der Waals surface area contributed by atoms with Gasteiger partial charge >= 0.3 is 7.82 Å². The van der Waals surface area contributed by atoms with Gasteiger partial charge in [-0.1, -0.05) is 0 Å². The van der Waals surface area contributed by atoms with Crippen LogP contribution in [0.3, 0.4) is 0 Å². The van der Waals surface area contributed by atoms with Crippen LogP contribution in [0, 0.1) is 0 Å². The van der Waals surface area contributed by atoms with E-state index in [0.29, 0.717) is 6.26 Å². The first-order chi connectivity index (χ1) is 4.45. The van der Waals surface area contributed by atoms with E-state index in [9.17, 15) is 4.57 Å². The highest BCUT2D eigenvalue weighted by Gasteiger charge is 2.12. The van der Waals surface area contributed by atoms with Crippen LogP contribution < -0.4 is 0 Å². The first kappa shape index (κ1) is 9.45. The van der Waals surface area contributed by atoms with Crippen LogP contribution in [0.15, 0.2) is 12.0 Å². The Balaban J connectivity index is 3.85. The van der Waals surface area contributed by atoms with Gasteiger partial charge in [0.2, 0.25) is 0 Å². The molecule has 0 amide bonds. The van der Waals surface area contributed by atoms with E-state index in [1.807, 2.05) is 0 Å². The van der Waals surface area contributed by atoms with Crippen LogP contribution >= 0.6 is 7.82 Å². The summed E-state index contributed by atoms with van der Waals surface area (Å²) in [5, 5.41) is 16.4. The van der Waals surface area contributed by atoms with Gasteiger partial charge in [-0.05, 0) is 0 Å². The Morgan fingerprint density at radius 3 is 2.40 bits per heavy atom. The Morgan fingerprint density at radius 2 is 2.10 bits per heavy atom. The minimum Gasteiger partial charge on any atom is -0.507 e. The smallest absolute Gasteiger partial charge is 0.507 e. The molecule has 10 heavy (non-hydrogen) atoms. The van der Waals surface area contributed by atoms with E-state index in [4.69, 9.17) is 20.0 Å². The highest BCUT2D eigenvalue weighted by molar-refractivity contribution is 7.46. The summed E-state index contributed by atoms with van der Waals surface area (Å²) in [5.74, 6) is -0.650. The average molecular weight is 170 g/mol. The Morgan fingerprint density at radius 1 is 1.60 bits per heavy atom. The van der Waals surface area contributed by atoms with Crippen molar-refractivity contribution in [2.75, 3.05) is 6.61 Å². The molecule has 4 N–H and O–H groups in total. The number of phosphoric acid groups is 1. The second kappa shape index (κ2) is 3.58. The Hall–Kier alpha value is -0.550. The van der Waals surface area contributed by atoms with Gasteiger partial charge in [0.15, 0.2) is 5.76 Å². The third-order valence-corrected chi connectivity index (χ3v) is 0.868. The van der Waals surface area contributed by atoms with E-state index in [1.54, 1.807) is 0 Å². The molecule has 60 valence electrons. The average Bonchev–Trinajstić information content (AvgIpc) is 1.81. The number of phosphoric ester groups is 1. The fourth-order valence-electron chi connectivity index (χ4n) is 0.167. The SMILES string of the molecule is O=P(O)(O)O/C=C(/O)CO. The number of rotatable bonds is 3. The third kappa shape index (κ3) is 5.58. The van der Waals surface area contributed by atoms with Crippen molar-refractivity contribution in [1.29, 1.82) is 0 Å². The van der Waals surface area contributed by atoms with E-state index in [1.165, 1.54) is 0 Å². The summed E-state index contributed by atoms with van der Waals surface area (Å²) >= 11 is 0. The topological polar surface area (TPSA) is 107 Å². The third-order valence-electron chi connectivity index (χ3n) is 0.488. The second-order valence-electron chi connectivity index (χ2n) is 1.36. The molecule has 7 heteroatoms. The molecule has 0 aliphatic rings. The standard InChI is InChI=1S/C3H7O6P/c4-1-3(5)2-9-10(6,7)8/h2,4-5H,1H2,(H2,6,7,8)/b3-2+. The van der Waals surface area contributed by atoms with Crippen molar-refractivity contribution in [2.45, 2.75) is 0 Å². The molecular formula is C3H7O6P. The second-order valence-corrected chi connectivity index (χ2v) is 2.56. The van der Waals surface area contributed by atoms with Gasteiger partial charge in [0.1, 0.15) is 12.9 Å². The Kier molecular flexibility index (Phi) is 3.38. The van der Waals surface area contributed by atoms with Crippen LogP contribution in [0.2, 0.25) is 0 Å². The van der Waals surface area contributed by atoms with Crippen molar-refractivity contribution >= 4 is 7.82 Å². The Labute approximate surface area is 56.6 Å². The van der Waals surface area contributed by atoms with Crippen molar-refractivity contribution in [3.63, 3.8) is 0 Å². The molecule has 0 saturated heterocycles. The van der Waals surface area contributed by atoms with Gasteiger partial charge in [-0.2, -0.15) is 0 Å². The van der Waals surface area contributed by atoms with E-state index < -0.39 is 20.2 Å². The van der Waals surface area contributed by atoms with Crippen LogP contribution in [0.5, 0.6) is 0 Å². The molecule has 0 aromatic rings. The van der Waals surface area contributed by atoms with Gasteiger partial charge in [-0.3, -0.25) is 9.79 Å². The van der Waals surface area contributed by atoms with E-state index >= 15 is 0 Å². The van der Waals surface area contributed by atoms with Gasteiger partial charge in [-0.25, -0.2) is 4.57 Å². The minimum absolute atomic E-state index is 0.390. The van der Waals surface area contributed by atoms with Crippen molar-refractivity contribution in [1.82, 2.24) is 0 Å². The fourth-order valence-corrected chi connectivity index (χ4v) is 0.426. The van der Waals surface area contributed by atoms with Crippen molar-refractivity contribution in [3.05, 3.63) is 12.0 Å². The zero-order valence-electron chi connectivity index (χ0n) is 4.84. The maximum Gasteiger partial charge on any atom is 0.524 e. The lowest BCUT2D eigenvalue weighted by molar-refractivity contribution is 0.220. The number of aliphatic hydroxyl groups is 2. The molecule has 0 unspecified atom stereocenters. The predicted molar refractivity (Wildman–Crippen MR) is 30.9 cm³/mol. The largest absolute Gasteiger partial charge is 0.524 e. The molecule has 0 aliphatic carbocycles. The van der Waals surface area contributed by atoms with Gasteiger partial charge in [0, 0.05) is 0 Å². The molecule has 0 heterocycles. The molecule has 0 aliphatic heterocycles. The van der Waals surface area contributed by atoms with Gasteiger partial charge in [0.25, 0.3) is 0 Å². The normalized spacial score (nSPS) is 13.3. The number of hydrogen-bond donors (Lipinski definition) is 4. The summed E-state index contributed by atoms with van der Waals surface area (Å²) in [6, 6.07) is 0. The number of aliphatic hydroxyl groups excluding tert-OH is 2. The van der Waals surface area contributed by atoms with E-state index in [2.05, 4.69) is 4.52 Å². The maximum atomic E-state index is 9.89. The summed E-state index contributed by atoms with van der Waals surface area (Å²) < 4.78 is 13.6. The lowest BCUT2D eigenvalue weighted by atomic mass is 10.6. The van der Waals surface area contributed by atoms with Crippen LogP contribution in [0.25, 0.3) is 0 Å². The van der Waals surface area contributed by atoms with E-state index in [0.717, 1.165) is 0 Å². The van der Waals surface area contributed by atoms with Crippen LogP contribution in [0.4, 0.5) is 0 Å². The lowest BCUT2D eigenvalue weighted by Gasteiger charge is -2.00. The van der Waals surface area contributed by atoms with Crippen molar-refractivity contribution in [3.8, 4) is 0 Å². The van der Waals surface area contributed by atoms with Crippen LogP contribution in [0.1, 0.15) is 0 Å². The van der Waals surface area contributed by atoms with Gasteiger partial charge in [-0.15, -0.1) is 0 Å². The molecule has 0 bridgehead atoms. The Bertz CT molecular complexity index is 168. The summed E-state index contributed by atoms with van der Waals surface area (Å²) in [7, 11) is -4.58. The molecule has 6 nitrogen and oxygen atoms in total. The van der Waals surface area contributed by atoms with Crippen molar-refractivity contribution in [2.24, 2.45) is 0 Å². The molecule has 0 aromatic carbocycles. The molecule has 0 saturated carbocycles. The first-order valence-electron chi connectivity index (χ1n) is 2.18. The molecule has 0 fully saturated rings. The monoisotopic (exact) mass is 170 g/mol. The molecule has 0 spiro atoms.